The van der Waals surface area contributed by atoms with E-state index in [4.69, 9.17) is 0 Å². The minimum absolute atomic E-state index is 0.00416. The monoisotopic (exact) mass is 452 g/mol. The molecule has 6 heteroatoms. The van der Waals surface area contributed by atoms with E-state index in [9.17, 15) is 15.4 Å². The average molecular weight is 453 g/mol. The lowest BCUT2D eigenvalue weighted by atomic mass is 10.1. The van der Waals surface area contributed by atoms with Crippen molar-refractivity contribution < 1.29 is 15.0 Å². The molecule has 4 rings (SSSR count). The molecule has 0 unspecified atom stereocenters. The third kappa shape index (κ3) is 3.67. The SMILES string of the molecule is [O-]/[N+](=C1\c2ccccc2-c2ccc(Br)cc21)c1ccc(N(CCO)CCO)cc1. The molecule has 0 saturated heterocycles. The van der Waals surface area contributed by atoms with Gasteiger partial charge in [-0.25, -0.2) is 0 Å². The zero-order chi connectivity index (χ0) is 20.4. The fourth-order valence-electron chi connectivity index (χ4n) is 3.77. The summed E-state index contributed by atoms with van der Waals surface area (Å²) in [4.78, 5) is 1.88. The Hall–Kier alpha value is -2.67. The van der Waals surface area contributed by atoms with Crippen LogP contribution in [0.1, 0.15) is 11.1 Å². The number of aliphatic hydroxyl groups is 2. The molecule has 0 amide bonds. The first-order valence-corrected chi connectivity index (χ1v) is 10.2. The lowest BCUT2D eigenvalue weighted by molar-refractivity contribution is -0.359. The second kappa shape index (κ2) is 8.37. The quantitative estimate of drug-likeness (QED) is 0.264. The van der Waals surface area contributed by atoms with Gasteiger partial charge in [-0.1, -0.05) is 40.2 Å². The Morgan fingerprint density at radius 1 is 0.793 bits per heavy atom. The number of rotatable bonds is 6. The number of benzene rings is 3. The van der Waals surface area contributed by atoms with E-state index in [1.54, 1.807) is 12.1 Å². The van der Waals surface area contributed by atoms with Gasteiger partial charge in [-0.15, -0.1) is 0 Å². The molecule has 0 heterocycles. The van der Waals surface area contributed by atoms with Crippen LogP contribution < -0.4 is 4.90 Å². The van der Waals surface area contributed by atoms with E-state index in [-0.39, 0.29) is 13.2 Å². The van der Waals surface area contributed by atoms with Crippen LogP contribution in [0.5, 0.6) is 0 Å². The van der Waals surface area contributed by atoms with Crippen molar-refractivity contribution in [3.63, 3.8) is 0 Å². The number of hydrogen-bond donors (Lipinski definition) is 2. The van der Waals surface area contributed by atoms with Crippen molar-refractivity contribution in [1.82, 2.24) is 0 Å². The van der Waals surface area contributed by atoms with Gasteiger partial charge in [0.2, 0.25) is 11.4 Å². The summed E-state index contributed by atoms with van der Waals surface area (Å²) >= 11 is 3.52. The Kier molecular flexibility index (Phi) is 5.67. The Labute approximate surface area is 177 Å². The van der Waals surface area contributed by atoms with Gasteiger partial charge in [-0.2, -0.15) is 4.74 Å². The lowest BCUT2D eigenvalue weighted by Crippen LogP contribution is -2.29. The van der Waals surface area contributed by atoms with E-state index >= 15 is 0 Å². The summed E-state index contributed by atoms with van der Waals surface area (Å²) in [7, 11) is 0. The highest BCUT2D eigenvalue weighted by Crippen LogP contribution is 2.39. The number of nitrogens with zero attached hydrogens (tertiary/aromatic N) is 2. The number of hydrogen-bond acceptors (Lipinski definition) is 4. The van der Waals surface area contributed by atoms with Gasteiger partial charge >= 0.3 is 0 Å². The number of halogens is 1. The molecular weight excluding hydrogens is 432 g/mol. The summed E-state index contributed by atoms with van der Waals surface area (Å²) in [5, 5.41) is 31.8. The molecule has 2 N–H and O–H groups in total. The topological polar surface area (TPSA) is 69.8 Å². The Bertz CT molecular complexity index is 1060. The molecule has 0 aliphatic heterocycles. The predicted octanol–water partition coefficient (Wildman–Crippen LogP) is 3.90. The third-order valence-corrected chi connectivity index (χ3v) is 5.59. The molecule has 0 aromatic heterocycles. The van der Waals surface area contributed by atoms with Crippen LogP contribution in [0.2, 0.25) is 0 Å². The number of fused-ring (bicyclic) bond motifs is 3. The summed E-state index contributed by atoms with van der Waals surface area (Å²) < 4.78 is 1.90. The van der Waals surface area contributed by atoms with Gasteiger partial charge in [0.15, 0.2) is 0 Å². The highest BCUT2D eigenvalue weighted by atomic mass is 79.9. The fraction of sp³-hybridized carbons (Fsp3) is 0.174. The normalized spacial score (nSPS) is 13.8. The summed E-state index contributed by atoms with van der Waals surface area (Å²) in [6.07, 6.45) is 0. The Morgan fingerprint density at radius 3 is 2.07 bits per heavy atom. The lowest BCUT2D eigenvalue weighted by Gasteiger charge is -2.22. The zero-order valence-electron chi connectivity index (χ0n) is 15.8. The summed E-state index contributed by atoms with van der Waals surface area (Å²) in [6.45, 7) is 0.839. The summed E-state index contributed by atoms with van der Waals surface area (Å²) in [5.41, 5.74) is 5.94. The van der Waals surface area contributed by atoms with E-state index in [0.717, 1.165) is 37.2 Å². The molecule has 1 aliphatic rings. The predicted molar refractivity (Wildman–Crippen MR) is 119 cm³/mol. The molecule has 5 nitrogen and oxygen atoms in total. The first-order chi connectivity index (χ1) is 14.1. The van der Waals surface area contributed by atoms with E-state index in [2.05, 4.69) is 15.9 Å². The minimum Gasteiger partial charge on any atom is -0.618 e. The van der Waals surface area contributed by atoms with Crippen molar-refractivity contribution in [3.8, 4) is 11.1 Å². The van der Waals surface area contributed by atoms with Gasteiger partial charge < -0.3 is 20.3 Å². The Balaban J connectivity index is 1.79. The highest BCUT2D eigenvalue weighted by Gasteiger charge is 2.31. The van der Waals surface area contributed by atoms with Crippen LogP contribution in [0, 0.1) is 5.21 Å². The summed E-state index contributed by atoms with van der Waals surface area (Å²) in [6, 6.07) is 21.2. The molecule has 29 heavy (non-hydrogen) atoms. The van der Waals surface area contributed by atoms with Gasteiger partial charge in [0.05, 0.1) is 24.3 Å². The van der Waals surface area contributed by atoms with Gasteiger partial charge in [0.25, 0.3) is 0 Å². The van der Waals surface area contributed by atoms with Crippen molar-refractivity contribution in [1.29, 1.82) is 0 Å². The highest BCUT2D eigenvalue weighted by molar-refractivity contribution is 9.10. The first-order valence-electron chi connectivity index (χ1n) is 9.44. The van der Waals surface area contributed by atoms with E-state index < -0.39 is 0 Å². The molecule has 0 atom stereocenters. The average Bonchev–Trinajstić information content (AvgIpc) is 3.06. The molecule has 0 radical (unpaired) electrons. The largest absolute Gasteiger partial charge is 0.618 e. The second-order valence-electron chi connectivity index (χ2n) is 6.83. The van der Waals surface area contributed by atoms with E-state index in [1.165, 1.54) is 0 Å². The smallest absolute Gasteiger partial charge is 0.232 e. The minimum atomic E-state index is -0.00416. The fourth-order valence-corrected chi connectivity index (χ4v) is 4.14. The first kappa shape index (κ1) is 19.6. The van der Waals surface area contributed by atoms with Crippen LogP contribution in [0.3, 0.4) is 0 Å². The Morgan fingerprint density at radius 2 is 1.41 bits per heavy atom. The van der Waals surface area contributed by atoms with E-state index in [0.29, 0.717) is 24.5 Å². The molecule has 0 fully saturated rings. The van der Waals surface area contributed by atoms with Crippen LogP contribution in [-0.2, 0) is 0 Å². The molecule has 0 bridgehead atoms. The van der Waals surface area contributed by atoms with Crippen molar-refractivity contribution in [2.24, 2.45) is 0 Å². The van der Waals surface area contributed by atoms with Crippen molar-refractivity contribution in [2.75, 3.05) is 31.2 Å². The molecule has 148 valence electrons. The molecular formula is C23H21BrN2O3. The van der Waals surface area contributed by atoms with Crippen molar-refractivity contribution in [3.05, 3.63) is 87.5 Å². The second-order valence-corrected chi connectivity index (χ2v) is 7.74. The van der Waals surface area contributed by atoms with Crippen LogP contribution in [-0.4, -0.2) is 47.0 Å². The molecule has 0 saturated carbocycles. The van der Waals surface area contributed by atoms with Crippen LogP contribution in [0.15, 0.2) is 71.2 Å². The molecule has 0 spiro atoms. The number of aliphatic hydroxyl groups excluding tert-OH is 2. The third-order valence-electron chi connectivity index (χ3n) is 5.10. The van der Waals surface area contributed by atoms with Gasteiger partial charge in [-0.05, 0) is 41.5 Å². The standard InChI is InChI=1S/C23H21BrN2O3/c24-16-5-10-20-19-3-1-2-4-21(19)23(22(20)15-16)26(29)18-8-6-17(7-9-18)25(11-13-27)12-14-28/h1-10,15,27-28H,11-14H2/b26-23+. The maximum Gasteiger partial charge on any atom is 0.232 e. The maximum atomic E-state index is 13.4. The van der Waals surface area contributed by atoms with E-state index in [1.807, 2.05) is 59.5 Å². The molecule has 3 aromatic rings. The molecule has 3 aromatic carbocycles. The van der Waals surface area contributed by atoms with Gasteiger partial charge in [0.1, 0.15) is 0 Å². The van der Waals surface area contributed by atoms with Crippen LogP contribution in [0.4, 0.5) is 11.4 Å². The van der Waals surface area contributed by atoms with Gasteiger partial charge in [0, 0.05) is 35.4 Å². The van der Waals surface area contributed by atoms with Crippen molar-refractivity contribution in [2.45, 2.75) is 0 Å². The maximum absolute atomic E-state index is 13.4. The molecule has 1 aliphatic carbocycles. The van der Waals surface area contributed by atoms with Crippen molar-refractivity contribution >= 4 is 33.0 Å². The van der Waals surface area contributed by atoms with Crippen LogP contribution >= 0.6 is 15.9 Å². The zero-order valence-corrected chi connectivity index (χ0v) is 17.3. The van der Waals surface area contributed by atoms with Crippen LogP contribution in [0.25, 0.3) is 11.1 Å². The van der Waals surface area contributed by atoms with Gasteiger partial charge in [-0.3, -0.25) is 0 Å². The summed E-state index contributed by atoms with van der Waals surface area (Å²) in [5.74, 6) is 0. The number of anilines is 1.